The third kappa shape index (κ3) is 3.77. The third-order valence-electron chi connectivity index (χ3n) is 5.29. The van der Waals surface area contributed by atoms with E-state index in [4.69, 9.17) is 4.74 Å². The number of aryl methyl sites for hydroxylation is 1. The summed E-state index contributed by atoms with van der Waals surface area (Å²) in [5.74, 6) is 0. The highest BCUT2D eigenvalue weighted by Crippen LogP contribution is 2.30. The Bertz CT molecular complexity index is 1170. The molecular weight excluding hydrogens is 382 g/mol. The highest BCUT2D eigenvalue weighted by molar-refractivity contribution is 5.85. The number of ether oxygens (including phenoxy) is 1. The fraction of sp³-hybridized carbons (Fsp3) is 0.409. The number of hydrogen-bond acceptors (Lipinski definition) is 5. The van der Waals surface area contributed by atoms with Crippen LogP contribution in [0.4, 0.5) is 16.2 Å². The monoisotopic (exact) mass is 409 g/mol. The van der Waals surface area contributed by atoms with Crippen LogP contribution in [0.1, 0.15) is 32.4 Å². The molecule has 0 atom stereocenters. The minimum atomic E-state index is -0.484. The van der Waals surface area contributed by atoms with Crippen molar-refractivity contribution in [1.82, 2.24) is 19.2 Å². The number of amides is 1. The molecule has 0 unspecified atom stereocenters. The first kappa shape index (κ1) is 20.0. The third-order valence-corrected chi connectivity index (χ3v) is 5.29. The number of fused-ring (bicyclic) bond motifs is 1. The Labute approximate surface area is 175 Å². The van der Waals surface area contributed by atoms with Crippen LogP contribution in [-0.4, -0.2) is 44.0 Å². The number of anilines is 2. The van der Waals surface area contributed by atoms with E-state index in [1.807, 2.05) is 32.9 Å². The number of rotatable bonds is 3. The molecule has 158 valence electrons. The number of aromatic nitrogens is 3. The number of carbonyl (C=O) groups excluding carboxylic acids is 1. The molecule has 3 heterocycles. The van der Waals surface area contributed by atoms with E-state index < -0.39 is 5.60 Å². The molecule has 2 aromatic heterocycles. The van der Waals surface area contributed by atoms with Crippen LogP contribution >= 0.6 is 0 Å². The van der Waals surface area contributed by atoms with Crippen LogP contribution in [0.5, 0.6) is 0 Å². The molecule has 1 saturated heterocycles. The molecule has 4 rings (SSSR count). The molecule has 1 aliphatic heterocycles. The van der Waals surface area contributed by atoms with E-state index in [0.29, 0.717) is 24.3 Å². The van der Waals surface area contributed by atoms with Gasteiger partial charge in [-0.3, -0.25) is 4.79 Å². The number of nitrogens with one attached hydrogen (secondary N) is 1. The zero-order valence-electron chi connectivity index (χ0n) is 18.0. The maximum Gasteiger partial charge on any atom is 0.410 e. The van der Waals surface area contributed by atoms with Gasteiger partial charge in [-0.15, -0.1) is 0 Å². The fourth-order valence-corrected chi connectivity index (χ4v) is 3.60. The van der Waals surface area contributed by atoms with Crippen LogP contribution < -0.4 is 10.9 Å². The average Bonchev–Trinajstić information content (AvgIpc) is 3.02. The maximum atomic E-state index is 12.2. The lowest BCUT2D eigenvalue weighted by Gasteiger charge is -2.40. The molecule has 1 aliphatic rings. The van der Waals surface area contributed by atoms with Crippen molar-refractivity contribution in [2.24, 2.45) is 7.05 Å². The molecule has 1 amide bonds. The van der Waals surface area contributed by atoms with Crippen molar-refractivity contribution in [3.05, 3.63) is 52.6 Å². The molecule has 8 heteroatoms. The molecule has 8 nitrogen and oxygen atoms in total. The largest absolute Gasteiger partial charge is 0.444 e. The van der Waals surface area contributed by atoms with Crippen LogP contribution in [0.15, 0.2) is 41.5 Å². The topological polar surface area (TPSA) is 81.4 Å². The van der Waals surface area contributed by atoms with Gasteiger partial charge < -0.3 is 19.5 Å². The molecule has 30 heavy (non-hydrogen) atoms. The lowest BCUT2D eigenvalue weighted by atomic mass is 10.1. The summed E-state index contributed by atoms with van der Waals surface area (Å²) in [6, 6.07) is 8.38. The number of nitrogens with zero attached hydrogens (tertiary/aromatic N) is 4. The Morgan fingerprint density at radius 3 is 2.67 bits per heavy atom. The van der Waals surface area contributed by atoms with Gasteiger partial charge in [0.15, 0.2) is 0 Å². The second-order valence-corrected chi connectivity index (χ2v) is 8.77. The van der Waals surface area contributed by atoms with Gasteiger partial charge in [0.2, 0.25) is 0 Å². The van der Waals surface area contributed by atoms with Gasteiger partial charge in [0.1, 0.15) is 5.60 Å². The summed E-state index contributed by atoms with van der Waals surface area (Å²) in [4.78, 5) is 26.0. The Balaban J connectivity index is 1.48. The van der Waals surface area contributed by atoms with Crippen molar-refractivity contribution < 1.29 is 9.53 Å². The van der Waals surface area contributed by atoms with E-state index in [1.54, 1.807) is 25.1 Å². The molecule has 0 saturated carbocycles. The standard InChI is InChI=1S/C22H27N5O3/c1-14-18(11-23-25(5)20(14)28)24-16-6-7-19-15(10-16)8-9-27(19)17-12-26(13-17)21(29)30-22(2,3)4/h6-11,17,24H,12-13H2,1-5H3. The predicted molar refractivity (Wildman–Crippen MR) is 116 cm³/mol. The maximum absolute atomic E-state index is 12.2. The lowest BCUT2D eigenvalue weighted by Crippen LogP contribution is -2.52. The van der Waals surface area contributed by atoms with Gasteiger partial charge in [0.05, 0.1) is 17.9 Å². The molecule has 0 bridgehead atoms. The van der Waals surface area contributed by atoms with E-state index in [2.05, 4.69) is 33.3 Å². The van der Waals surface area contributed by atoms with Crippen molar-refractivity contribution in [1.29, 1.82) is 0 Å². The Morgan fingerprint density at radius 1 is 1.23 bits per heavy atom. The van der Waals surface area contributed by atoms with Crippen molar-refractivity contribution in [2.45, 2.75) is 39.3 Å². The summed E-state index contributed by atoms with van der Waals surface area (Å²) in [6.07, 6.45) is 3.45. The zero-order valence-corrected chi connectivity index (χ0v) is 18.0. The van der Waals surface area contributed by atoms with Gasteiger partial charge in [0.25, 0.3) is 5.56 Å². The first-order valence-corrected chi connectivity index (χ1v) is 10.0. The fourth-order valence-electron chi connectivity index (χ4n) is 3.60. The van der Waals surface area contributed by atoms with E-state index in [-0.39, 0.29) is 17.7 Å². The lowest BCUT2D eigenvalue weighted by molar-refractivity contribution is 0.00158. The zero-order chi connectivity index (χ0) is 21.6. The quantitative estimate of drug-likeness (QED) is 0.715. The van der Waals surface area contributed by atoms with Crippen molar-refractivity contribution in [3.8, 4) is 0 Å². The Hall–Kier alpha value is -3.29. The number of likely N-dealkylation sites (tertiary alicyclic amines) is 1. The van der Waals surface area contributed by atoms with E-state index in [9.17, 15) is 9.59 Å². The van der Waals surface area contributed by atoms with Crippen molar-refractivity contribution in [3.63, 3.8) is 0 Å². The summed E-state index contributed by atoms with van der Waals surface area (Å²) in [7, 11) is 1.64. The second-order valence-electron chi connectivity index (χ2n) is 8.77. The second kappa shape index (κ2) is 7.19. The van der Waals surface area contributed by atoms with Crippen LogP contribution in [0.3, 0.4) is 0 Å². The van der Waals surface area contributed by atoms with Crippen LogP contribution in [0.2, 0.25) is 0 Å². The highest BCUT2D eigenvalue weighted by atomic mass is 16.6. The summed E-state index contributed by atoms with van der Waals surface area (Å²) >= 11 is 0. The summed E-state index contributed by atoms with van der Waals surface area (Å²) in [5, 5.41) is 8.46. The van der Waals surface area contributed by atoms with Gasteiger partial charge in [0, 0.05) is 48.5 Å². The van der Waals surface area contributed by atoms with Crippen molar-refractivity contribution in [2.75, 3.05) is 18.4 Å². The van der Waals surface area contributed by atoms with E-state index in [1.165, 1.54) is 4.68 Å². The van der Waals surface area contributed by atoms with Crippen molar-refractivity contribution >= 4 is 28.4 Å². The minimum absolute atomic E-state index is 0.119. The number of carbonyl (C=O) groups is 1. The number of benzene rings is 1. The normalized spacial score (nSPS) is 14.6. The van der Waals surface area contributed by atoms with Gasteiger partial charge in [-0.05, 0) is 52.0 Å². The van der Waals surface area contributed by atoms with E-state index in [0.717, 1.165) is 16.6 Å². The van der Waals surface area contributed by atoms with Crippen LogP contribution in [0.25, 0.3) is 10.9 Å². The number of hydrogen-bond donors (Lipinski definition) is 1. The molecule has 1 aromatic carbocycles. The first-order valence-electron chi connectivity index (χ1n) is 10.0. The van der Waals surface area contributed by atoms with Gasteiger partial charge >= 0.3 is 6.09 Å². The minimum Gasteiger partial charge on any atom is -0.444 e. The smallest absolute Gasteiger partial charge is 0.410 e. The average molecular weight is 409 g/mol. The molecule has 3 aromatic rings. The summed E-state index contributed by atoms with van der Waals surface area (Å²) < 4.78 is 8.95. The van der Waals surface area contributed by atoms with Crippen LogP contribution in [-0.2, 0) is 11.8 Å². The first-order chi connectivity index (χ1) is 14.1. The molecule has 0 spiro atoms. The Morgan fingerprint density at radius 2 is 1.97 bits per heavy atom. The van der Waals surface area contributed by atoms with Gasteiger partial charge in [-0.25, -0.2) is 9.48 Å². The summed E-state index contributed by atoms with van der Waals surface area (Å²) in [5.41, 5.74) is 2.72. The summed E-state index contributed by atoms with van der Waals surface area (Å²) in [6.45, 7) is 8.68. The predicted octanol–water partition coefficient (Wildman–Crippen LogP) is 3.58. The Kier molecular flexibility index (Phi) is 4.80. The van der Waals surface area contributed by atoms with E-state index >= 15 is 0 Å². The molecule has 1 N–H and O–H groups in total. The molecule has 0 aliphatic carbocycles. The molecule has 1 fully saturated rings. The van der Waals surface area contributed by atoms with Gasteiger partial charge in [-0.1, -0.05) is 0 Å². The molecule has 0 radical (unpaired) electrons. The van der Waals surface area contributed by atoms with Gasteiger partial charge in [-0.2, -0.15) is 5.10 Å². The highest BCUT2D eigenvalue weighted by Gasteiger charge is 2.35. The SMILES string of the molecule is Cc1c(Nc2ccc3c(ccn3C3CN(C(=O)OC(C)(C)C)C3)c2)cnn(C)c1=O. The molecular formula is C22H27N5O3. The van der Waals surface area contributed by atoms with Crippen LogP contribution in [0, 0.1) is 6.92 Å².